The van der Waals surface area contributed by atoms with Crippen LogP contribution in [0.25, 0.3) is 11.8 Å². The van der Waals surface area contributed by atoms with Gasteiger partial charge in [-0.15, -0.1) is 0 Å². The number of para-hydroxylation sites is 1. The summed E-state index contributed by atoms with van der Waals surface area (Å²) in [7, 11) is 0. The van der Waals surface area contributed by atoms with Gasteiger partial charge in [-0.2, -0.15) is 5.10 Å². The van der Waals surface area contributed by atoms with Gasteiger partial charge in [0.25, 0.3) is 0 Å². The first-order valence-corrected chi connectivity index (χ1v) is 9.02. The lowest BCUT2D eigenvalue weighted by Gasteiger charge is -2.12. The van der Waals surface area contributed by atoms with Crippen LogP contribution in [0.5, 0.6) is 0 Å². The zero-order valence-corrected chi connectivity index (χ0v) is 15.6. The smallest absolute Gasteiger partial charge is 0.244 e. The second-order valence-corrected chi connectivity index (χ2v) is 6.32. The molecule has 2 N–H and O–H groups in total. The number of benzene rings is 2. The topological polar surface area (TPSA) is 76.0 Å². The number of nitrogens with one attached hydrogen (secondary N) is 2. The van der Waals surface area contributed by atoms with Gasteiger partial charge in [0.15, 0.2) is 0 Å². The summed E-state index contributed by atoms with van der Waals surface area (Å²) in [6, 6.07) is 18.6. The summed E-state index contributed by atoms with van der Waals surface area (Å²) < 4.78 is 1.75. The lowest BCUT2D eigenvalue weighted by Crippen LogP contribution is -2.44. The minimum absolute atomic E-state index is 0.256. The molecule has 6 heteroatoms. The van der Waals surface area contributed by atoms with E-state index in [0.29, 0.717) is 6.54 Å². The molecule has 0 fully saturated rings. The van der Waals surface area contributed by atoms with Crippen molar-refractivity contribution >= 4 is 17.9 Å². The Morgan fingerprint density at radius 3 is 2.46 bits per heavy atom. The highest BCUT2D eigenvalue weighted by atomic mass is 16.2. The maximum absolute atomic E-state index is 12.2. The Morgan fingerprint density at radius 1 is 1.07 bits per heavy atom. The van der Waals surface area contributed by atoms with E-state index in [1.807, 2.05) is 66.9 Å². The molecule has 6 nitrogen and oxygen atoms in total. The summed E-state index contributed by atoms with van der Waals surface area (Å²) >= 11 is 0. The summed E-state index contributed by atoms with van der Waals surface area (Å²) in [5, 5.41) is 9.77. The molecular formula is C22H22N4O2. The van der Waals surface area contributed by atoms with E-state index in [9.17, 15) is 9.59 Å². The van der Waals surface area contributed by atoms with Crippen LogP contribution in [0.4, 0.5) is 0 Å². The van der Waals surface area contributed by atoms with E-state index in [2.05, 4.69) is 15.7 Å². The molecule has 0 bridgehead atoms. The van der Waals surface area contributed by atoms with E-state index in [1.54, 1.807) is 23.9 Å². The standard InChI is InChI=1S/C22H22N4O2/c1-17(25-21(27)13-12-18-8-4-2-5-9-18)22(28)23-14-19-15-24-26(16-19)20-10-6-3-7-11-20/h2-13,15-17H,14H2,1H3,(H,23,28)(H,25,27). The Morgan fingerprint density at radius 2 is 1.75 bits per heavy atom. The molecule has 0 saturated carbocycles. The van der Waals surface area contributed by atoms with Crippen molar-refractivity contribution in [2.45, 2.75) is 19.5 Å². The third kappa shape index (κ3) is 5.41. The number of hydrogen-bond donors (Lipinski definition) is 2. The monoisotopic (exact) mass is 374 g/mol. The third-order valence-electron chi connectivity index (χ3n) is 4.10. The number of nitrogens with zero attached hydrogens (tertiary/aromatic N) is 2. The zero-order valence-electron chi connectivity index (χ0n) is 15.6. The normalized spacial score (nSPS) is 11.9. The highest BCUT2D eigenvalue weighted by molar-refractivity contribution is 5.95. The molecule has 1 atom stereocenters. The molecule has 0 radical (unpaired) electrons. The molecule has 0 aliphatic carbocycles. The SMILES string of the molecule is CC(NC(=O)C=Cc1ccccc1)C(=O)NCc1cnn(-c2ccccc2)c1. The van der Waals surface area contributed by atoms with Gasteiger partial charge in [-0.05, 0) is 30.7 Å². The number of carbonyl (C=O) groups excluding carboxylic acids is 2. The quantitative estimate of drug-likeness (QED) is 0.625. The predicted molar refractivity (Wildman–Crippen MR) is 108 cm³/mol. The van der Waals surface area contributed by atoms with Crippen molar-refractivity contribution in [3.05, 3.63) is 90.3 Å². The number of hydrogen-bond acceptors (Lipinski definition) is 3. The van der Waals surface area contributed by atoms with Gasteiger partial charge < -0.3 is 10.6 Å². The predicted octanol–water partition coefficient (Wildman–Crippen LogP) is 2.71. The Kier molecular flexibility index (Phi) is 6.36. The molecule has 1 unspecified atom stereocenters. The molecule has 1 aromatic heterocycles. The summed E-state index contributed by atoms with van der Waals surface area (Å²) in [5.41, 5.74) is 2.75. The molecule has 1 heterocycles. The van der Waals surface area contributed by atoms with Crippen LogP contribution in [0.15, 0.2) is 79.1 Å². The molecule has 2 aromatic carbocycles. The summed E-state index contributed by atoms with van der Waals surface area (Å²) in [6.07, 6.45) is 6.70. The molecule has 142 valence electrons. The van der Waals surface area contributed by atoms with E-state index in [-0.39, 0.29) is 11.8 Å². The van der Waals surface area contributed by atoms with Gasteiger partial charge in [-0.1, -0.05) is 48.5 Å². The van der Waals surface area contributed by atoms with Crippen molar-refractivity contribution in [2.24, 2.45) is 0 Å². The molecule has 2 amide bonds. The van der Waals surface area contributed by atoms with E-state index >= 15 is 0 Å². The summed E-state index contributed by atoms with van der Waals surface area (Å²) in [5.74, 6) is -0.572. The largest absolute Gasteiger partial charge is 0.350 e. The fourth-order valence-corrected chi connectivity index (χ4v) is 2.58. The molecular weight excluding hydrogens is 352 g/mol. The zero-order chi connectivity index (χ0) is 19.8. The second-order valence-electron chi connectivity index (χ2n) is 6.32. The van der Waals surface area contributed by atoms with Crippen LogP contribution in [0.2, 0.25) is 0 Å². The highest BCUT2D eigenvalue weighted by Crippen LogP contribution is 2.07. The maximum atomic E-state index is 12.2. The molecule has 3 rings (SSSR count). The van der Waals surface area contributed by atoms with Gasteiger partial charge in [-0.25, -0.2) is 4.68 Å². The van der Waals surface area contributed by atoms with Gasteiger partial charge in [0.05, 0.1) is 11.9 Å². The van der Waals surface area contributed by atoms with E-state index in [0.717, 1.165) is 16.8 Å². The number of amides is 2. The number of rotatable bonds is 7. The van der Waals surface area contributed by atoms with Crippen LogP contribution in [0, 0.1) is 0 Å². The minimum atomic E-state index is -0.642. The van der Waals surface area contributed by atoms with Crippen molar-refractivity contribution in [3.8, 4) is 5.69 Å². The van der Waals surface area contributed by atoms with Crippen molar-refractivity contribution < 1.29 is 9.59 Å². The molecule has 3 aromatic rings. The lowest BCUT2D eigenvalue weighted by atomic mass is 10.2. The molecule has 28 heavy (non-hydrogen) atoms. The van der Waals surface area contributed by atoms with Gasteiger partial charge >= 0.3 is 0 Å². The highest BCUT2D eigenvalue weighted by Gasteiger charge is 2.14. The fourth-order valence-electron chi connectivity index (χ4n) is 2.58. The molecule has 0 saturated heterocycles. The van der Waals surface area contributed by atoms with E-state index in [1.165, 1.54) is 6.08 Å². The van der Waals surface area contributed by atoms with E-state index < -0.39 is 6.04 Å². The average molecular weight is 374 g/mol. The Bertz CT molecular complexity index is 949. The van der Waals surface area contributed by atoms with Crippen LogP contribution < -0.4 is 10.6 Å². The number of carbonyl (C=O) groups is 2. The minimum Gasteiger partial charge on any atom is -0.350 e. The van der Waals surface area contributed by atoms with Gasteiger partial charge in [0.1, 0.15) is 6.04 Å². The van der Waals surface area contributed by atoms with Gasteiger partial charge in [0, 0.05) is 24.4 Å². The lowest BCUT2D eigenvalue weighted by molar-refractivity contribution is -0.126. The van der Waals surface area contributed by atoms with E-state index in [4.69, 9.17) is 0 Å². The summed E-state index contributed by atoms with van der Waals surface area (Å²) in [4.78, 5) is 24.2. The van der Waals surface area contributed by atoms with Crippen LogP contribution in [0.1, 0.15) is 18.1 Å². The second kappa shape index (κ2) is 9.32. The van der Waals surface area contributed by atoms with Crippen LogP contribution in [-0.2, 0) is 16.1 Å². The first-order chi connectivity index (χ1) is 13.6. The molecule has 0 aliphatic rings. The Hall–Kier alpha value is -3.67. The maximum Gasteiger partial charge on any atom is 0.244 e. The fraction of sp³-hybridized carbons (Fsp3) is 0.136. The van der Waals surface area contributed by atoms with Crippen molar-refractivity contribution in [1.82, 2.24) is 20.4 Å². The Balaban J connectivity index is 1.47. The molecule has 0 spiro atoms. The Labute approximate surface area is 163 Å². The first-order valence-electron chi connectivity index (χ1n) is 9.02. The molecule has 0 aliphatic heterocycles. The average Bonchev–Trinajstić information content (AvgIpc) is 3.21. The van der Waals surface area contributed by atoms with Crippen LogP contribution in [-0.4, -0.2) is 27.6 Å². The first kappa shape index (κ1) is 19.1. The van der Waals surface area contributed by atoms with Gasteiger partial charge in [-0.3, -0.25) is 9.59 Å². The summed E-state index contributed by atoms with van der Waals surface area (Å²) in [6.45, 7) is 1.99. The van der Waals surface area contributed by atoms with Crippen LogP contribution >= 0.6 is 0 Å². The van der Waals surface area contributed by atoms with Crippen molar-refractivity contribution in [2.75, 3.05) is 0 Å². The van der Waals surface area contributed by atoms with Crippen molar-refractivity contribution in [1.29, 1.82) is 0 Å². The van der Waals surface area contributed by atoms with Crippen molar-refractivity contribution in [3.63, 3.8) is 0 Å². The van der Waals surface area contributed by atoms with Gasteiger partial charge in [0.2, 0.25) is 11.8 Å². The van der Waals surface area contributed by atoms with Crippen LogP contribution in [0.3, 0.4) is 0 Å². The third-order valence-corrected chi connectivity index (χ3v) is 4.10. The number of aromatic nitrogens is 2.